The van der Waals surface area contributed by atoms with Crippen LogP contribution in [0.4, 0.5) is 0 Å². The second-order valence-corrected chi connectivity index (χ2v) is 4.50. The van der Waals surface area contributed by atoms with E-state index < -0.39 is 0 Å². The standard InChI is InChI=1S/C14H20N2O4/c15-16-14(17)12-3-1-2-4-13(12)20-10-9-19-11-5-7-18-8-6-11/h1-4,11H,5-10,15H2,(H,16,17). The van der Waals surface area contributed by atoms with Gasteiger partial charge in [0.1, 0.15) is 12.4 Å². The predicted octanol–water partition coefficient (Wildman–Crippen LogP) is 0.864. The first-order valence-electron chi connectivity index (χ1n) is 6.73. The van der Waals surface area contributed by atoms with Crippen LogP contribution in [0.15, 0.2) is 24.3 Å². The molecule has 1 saturated heterocycles. The largest absolute Gasteiger partial charge is 0.490 e. The zero-order chi connectivity index (χ0) is 14.2. The number of amides is 1. The van der Waals surface area contributed by atoms with Crippen molar-refractivity contribution in [1.82, 2.24) is 5.43 Å². The summed E-state index contributed by atoms with van der Waals surface area (Å²) >= 11 is 0. The second kappa shape index (κ2) is 7.84. The zero-order valence-corrected chi connectivity index (χ0v) is 11.3. The minimum absolute atomic E-state index is 0.245. The Morgan fingerprint density at radius 1 is 1.30 bits per heavy atom. The van der Waals surface area contributed by atoms with E-state index in [4.69, 9.17) is 20.1 Å². The molecular formula is C14H20N2O4. The van der Waals surface area contributed by atoms with Crippen LogP contribution in [0.3, 0.4) is 0 Å². The highest BCUT2D eigenvalue weighted by atomic mass is 16.5. The summed E-state index contributed by atoms with van der Waals surface area (Å²) in [6, 6.07) is 6.97. The summed E-state index contributed by atoms with van der Waals surface area (Å²) in [5.41, 5.74) is 2.52. The quantitative estimate of drug-likeness (QED) is 0.349. The molecule has 0 aliphatic carbocycles. The summed E-state index contributed by atoms with van der Waals surface area (Å²) in [6.07, 6.45) is 2.09. The van der Waals surface area contributed by atoms with Gasteiger partial charge in [-0.1, -0.05) is 12.1 Å². The number of benzene rings is 1. The maximum Gasteiger partial charge on any atom is 0.268 e. The summed E-state index contributed by atoms with van der Waals surface area (Å²) in [5.74, 6) is 5.27. The highest BCUT2D eigenvalue weighted by Crippen LogP contribution is 2.17. The lowest BCUT2D eigenvalue weighted by molar-refractivity contribution is -0.0388. The molecule has 110 valence electrons. The number of carbonyl (C=O) groups excluding carboxylic acids is 1. The Kier molecular flexibility index (Phi) is 5.79. The van der Waals surface area contributed by atoms with Gasteiger partial charge in [0.25, 0.3) is 5.91 Å². The number of hydrazine groups is 1. The van der Waals surface area contributed by atoms with Gasteiger partial charge < -0.3 is 14.2 Å². The predicted molar refractivity (Wildman–Crippen MR) is 73.4 cm³/mol. The Labute approximate surface area is 118 Å². The summed E-state index contributed by atoms with van der Waals surface area (Å²) in [6.45, 7) is 2.39. The Morgan fingerprint density at radius 2 is 2.05 bits per heavy atom. The molecule has 3 N–H and O–H groups in total. The van der Waals surface area contributed by atoms with Crippen LogP contribution in [-0.4, -0.2) is 38.4 Å². The molecule has 2 rings (SSSR count). The van der Waals surface area contributed by atoms with E-state index in [0.29, 0.717) is 24.5 Å². The molecule has 0 unspecified atom stereocenters. The number of ether oxygens (including phenoxy) is 3. The molecule has 1 fully saturated rings. The molecule has 1 aromatic rings. The lowest BCUT2D eigenvalue weighted by atomic mass is 10.2. The molecule has 20 heavy (non-hydrogen) atoms. The Bertz CT molecular complexity index is 433. The Hall–Kier alpha value is -1.63. The Balaban J connectivity index is 1.77. The van der Waals surface area contributed by atoms with E-state index in [1.54, 1.807) is 18.2 Å². The molecule has 1 heterocycles. The fraction of sp³-hybridized carbons (Fsp3) is 0.500. The van der Waals surface area contributed by atoms with Crippen LogP contribution in [0.25, 0.3) is 0 Å². The molecule has 0 saturated carbocycles. The molecule has 6 heteroatoms. The fourth-order valence-electron chi connectivity index (χ4n) is 2.07. The van der Waals surface area contributed by atoms with Gasteiger partial charge in [0, 0.05) is 13.2 Å². The number of hydrogen-bond donors (Lipinski definition) is 2. The Morgan fingerprint density at radius 3 is 2.80 bits per heavy atom. The van der Waals surface area contributed by atoms with Crippen LogP contribution in [-0.2, 0) is 9.47 Å². The highest BCUT2D eigenvalue weighted by Gasteiger charge is 2.14. The van der Waals surface area contributed by atoms with Gasteiger partial charge in [0.15, 0.2) is 0 Å². The number of para-hydroxylation sites is 1. The van der Waals surface area contributed by atoms with Gasteiger partial charge in [-0.25, -0.2) is 5.84 Å². The van der Waals surface area contributed by atoms with Crippen molar-refractivity contribution in [3.63, 3.8) is 0 Å². The number of hydrogen-bond acceptors (Lipinski definition) is 5. The van der Waals surface area contributed by atoms with E-state index in [2.05, 4.69) is 5.43 Å². The molecule has 0 atom stereocenters. The maximum atomic E-state index is 11.6. The lowest BCUT2D eigenvalue weighted by Crippen LogP contribution is -2.30. The van der Waals surface area contributed by atoms with E-state index in [0.717, 1.165) is 26.1 Å². The van der Waals surface area contributed by atoms with E-state index in [9.17, 15) is 4.79 Å². The smallest absolute Gasteiger partial charge is 0.268 e. The average molecular weight is 280 g/mol. The normalized spacial score (nSPS) is 15.8. The van der Waals surface area contributed by atoms with Gasteiger partial charge in [0.05, 0.1) is 18.3 Å². The topological polar surface area (TPSA) is 82.8 Å². The summed E-state index contributed by atoms with van der Waals surface area (Å²) < 4.78 is 16.5. The fourth-order valence-corrected chi connectivity index (χ4v) is 2.07. The summed E-state index contributed by atoms with van der Waals surface area (Å²) in [7, 11) is 0. The van der Waals surface area contributed by atoms with Gasteiger partial charge >= 0.3 is 0 Å². The van der Waals surface area contributed by atoms with E-state index in [1.807, 2.05) is 6.07 Å². The third-order valence-electron chi connectivity index (χ3n) is 3.13. The molecule has 0 spiro atoms. The molecule has 0 bridgehead atoms. The van der Waals surface area contributed by atoms with Crippen LogP contribution < -0.4 is 16.0 Å². The van der Waals surface area contributed by atoms with Crippen LogP contribution in [0.5, 0.6) is 5.75 Å². The van der Waals surface area contributed by atoms with E-state index >= 15 is 0 Å². The molecular weight excluding hydrogens is 260 g/mol. The van der Waals surface area contributed by atoms with Crippen LogP contribution in [0.1, 0.15) is 23.2 Å². The third kappa shape index (κ3) is 4.19. The molecule has 6 nitrogen and oxygen atoms in total. The van der Waals surface area contributed by atoms with Crippen LogP contribution >= 0.6 is 0 Å². The SMILES string of the molecule is NNC(=O)c1ccccc1OCCOC1CCOCC1. The van der Waals surface area contributed by atoms with Crippen LogP contribution in [0, 0.1) is 0 Å². The van der Waals surface area contributed by atoms with E-state index in [1.165, 1.54) is 0 Å². The maximum absolute atomic E-state index is 11.6. The van der Waals surface area contributed by atoms with Crippen molar-refractivity contribution >= 4 is 5.91 Å². The zero-order valence-electron chi connectivity index (χ0n) is 11.3. The van der Waals surface area contributed by atoms with Crippen molar-refractivity contribution in [3.8, 4) is 5.75 Å². The first-order valence-corrected chi connectivity index (χ1v) is 6.73. The number of nitrogen functional groups attached to an aromatic ring is 1. The first-order chi connectivity index (χ1) is 9.81. The van der Waals surface area contributed by atoms with E-state index in [-0.39, 0.29) is 12.0 Å². The van der Waals surface area contributed by atoms with Crippen molar-refractivity contribution in [2.75, 3.05) is 26.4 Å². The van der Waals surface area contributed by atoms with Gasteiger partial charge in [-0.2, -0.15) is 0 Å². The van der Waals surface area contributed by atoms with Crippen molar-refractivity contribution in [3.05, 3.63) is 29.8 Å². The van der Waals surface area contributed by atoms with Crippen LogP contribution in [0.2, 0.25) is 0 Å². The number of nitrogens with two attached hydrogens (primary N) is 1. The van der Waals surface area contributed by atoms with Gasteiger partial charge in [-0.3, -0.25) is 10.2 Å². The molecule has 1 amide bonds. The van der Waals surface area contributed by atoms with Crippen molar-refractivity contribution < 1.29 is 19.0 Å². The molecule has 1 aliphatic heterocycles. The molecule has 1 aliphatic rings. The molecule has 0 radical (unpaired) electrons. The highest BCUT2D eigenvalue weighted by molar-refractivity contribution is 5.96. The summed E-state index contributed by atoms with van der Waals surface area (Å²) in [4.78, 5) is 11.6. The monoisotopic (exact) mass is 280 g/mol. The number of rotatable bonds is 6. The lowest BCUT2D eigenvalue weighted by Gasteiger charge is -2.22. The number of carbonyl (C=O) groups is 1. The van der Waals surface area contributed by atoms with Gasteiger partial charge in [-0.15, -0.1) is 0 Å². The van der Waals surface area contributed by atoms with Crippen molar-refractivity contribution in [1.29, 1.82) is 0 Å². The first kappa shape index (κ1) is 14.8. The second-order valence-electron chi connectivity index (χ2n) is 4.50. The van der Waals surface area contributed by atoms with Gasteiger partial charge in [0.2, 0.25) is 0 Å². The minimum atomic E-state index is -0.369. The van der Waals surface area contributed by atoms with Crippen molar-refractivity contribution in [2.45, 2.75) is 18.9 Å². The summed E-state index contributed by atoms with van der Waals surface area (Å²) in [5, 5.41) is 0. The number of nitrogens with one attached hydrogen (secondary N) is 1. The molecule has 0 aromatic heterocycles. The third-order valence-corrected chi connectivity index (χ3v) is 3.13. The van der Waals surface area contributed by atoms with Crippen molar-refractivity contribution in [2.24, 2.45) is 5.84 Å². The van der Waals surface area contributed by atoms with Gasteiger partial charge in [-0.05, 0) is 25.0 Å². The molecule has 1 aromatic carbocycles. The average Bonchev–Trinajstić information content (AvgIpc) is 2.52. The minimum Gasteiger partial charge on any atom is -0.490 e.